The molecule has 0 aliphatic carbocycles. The van der Waals surface area contributed by atoms with Gasteiger partial charge in [-0.15, -0.1) is 0 Å². The Hall–Kier alpha value is -1.10. The number of aliphatic carboxylic acids is 1. The molecule has 0 aromatic rings. The third-order valence-corrected chi connectivity index (χ3v) is 1.51. The van der Waals surface area contributed by atoms with Gasteiger partial charge in [0.05, 0.1) is 6.10 Å². The van der Waals surface area contributed by atoms with Gasteiger partial charge in [0.2, 0.25) is 5.91 Å². The van der Waals surface area contributed by atoms with Crippen molar-refractivity contribution in [2.75, 3.05) is 6.54 Å². The van der Waals surface area contributed by atoms with Crippen LogP contribution in [0.5, 0.6) is 0 Å². The van der Waals surface area contributed by atoms with Crippen LogP contribution in [-0.2, 0) is 9.59 Å². The second-order valence-electron chi connectivity index (χ2n) is 2.88. The van der Waals surface area contributed by atoms with Gasteiger partial charge in [-0.1, -0.05) is 0 Å². The summed E-state index contributed by atoms with van der Waals surface area (Å²) in [7, 11) is 0. The average molecular weight is 189 g/mol. The van der Waals surface area contributed by atoms with E-state index in [4.69, 9.17) is 5.11 Å². The smallest absolute Gasteiger partial charge is 0.303 e. The third-order valence-electron chi connectivity index (χ3n) is 1.51. The Bertz CT molecular complexity index is 181. The minimum atomic E-state index is -0.869. The Morgan fingerprint density at radius 3 is 2.54 bits per heavy atom. The number of carboxylic acid groups (broad SMARTS) is 1. The molecule has 76 valence electrons. The van der Waals surface area contributed by atoms with Gasteiger partial charge in [-0.05, 0) is 12.8 Å². The second kappa shape index (κ2) is 6.42. The van der Waals surface area contributed by atoms with Crippen molar-refractivity contribution in [2.45, 2.75) is 32.3 Å². The van der Waals surface area contributed by atoms with Crippen molar-refractivity contribution in [3.05, 3.63) is 0 Å². The van der Waals surface area contributed by atoms with Crippen molar-refractivity contribution < 1.29 is 19.8 Å². The highest BCUT2D eigenvalue weighted by Gasteiger charge is 2.05. The first kappa shape index (κ1) is 11.9. The average Bonchev–Trinajstić information content (AvgIpc) is 2.00. The summed E-state index contributed by atoms with van der Waals surface area (Å²) >= 11 is 0. The Morgan fingerprint density at radius 2 is 2.08 bits per heavy atom. The lowest BCUT2D eigenvalue weighted by Gasteiger charge is -2.09. The molecular formula is C8H15NO4. The van der Waals surface area contributed by atoms with Crippen LogP contribution < -0.4 is 5.32 Å². The summed E-state index contributed by atoms with van der Waals surface area (Å²) in [6.07, 6.45) is 0.225. The zero-order valence-corrected chi connectivity index (χ0v) is 7.62. The highest BCUT2D eigenvalue weighted by atomic mass is 16.4. The van der Waals surface area contributed by atoms with Crippen LogP contribution in [0.15, 0.2) is 0 Å². The molecular weight excluding hydrogens is 174 g/mol. The summed E-state index contributed by atoms with van der Waals surface area (Å²) in [5, 5.41) is 19.9. The zero-order chi connectivity index (χ0) is 10.3. The molecule has 0 bridgehead atoms. The number of hydrogen-bond acceptors (Lipinski definition) is 3. The number of carbonyl (C=O) groups excluding carboxylic acids is 1. The maximum atomic E-state index is 10.4. The molecule has 0 heterocycles. The van der Waals surface area contributed by atoms with E-state index in [1.807, 2.05) is 0 Å². The highest BCUT2D eigenvalue weighted by Crippen LogP contribution is 1.99. The van der Waals surface area contributed by atoms with Crippen LogP contribution in [0.2, 0.25) is 0 Å². The van der Waals surface area contributed by atoms with Crippen LogP contribution in [-0.4, -0.2) is 34.7 Å². The van der Waals surface area contributed by atoms with Crippen molar-refractivity contribution in [3.8, 4) is 0 Å². The van der Waals surface area contributed by atoms with Crippen molar-refractivity contribution >= 4 is 11.9 Å². The fraction of sp³-hybridized carbons (Fsp3) is 0.750. The minimum absolute atomic E-state index is 0.0527. The van der Waals surface area contributed by atoms with E-state index in [1.165, 1.54) is 6.92 Å². The Labute approximate surface area is 76.8 Å². The van der Waals surface area contributed by atoms with Crippen molar-refractivity contribution in [1.82, 2.24) is 5.32 Å². The number of nitrogens with one attached hydrogen (secondary N) is 1. The number of carbonyl (C=O) groups is 2. The van der Waals surface area contributed by atoms with E-state index >= 15 is 0 Å². The van der Waals surface area contributed by atoms with Gasteiger partial charge >= 0.3 is 5.97 Å². The van der Waals surface area contributed by atoms with Gasteiger partial charge in [-0.25, -0.2) is 0 Å². The topological polar surface area (TPSA) is 86.6 Å². The zero-order valence-electron chi connectivity index (χ0n) is 7.62. The molecule has 0 aromatic heterocycles. The molecule has 5 nitrogen and oxygen atoms in total. The van der Waals surface area contributed by atoms with Crippen LogP contribution >= 0.6 is 0 Å². The molecule has 0 saturated carbocycles. The maximum Gasteiger partial charge on any atom is 0.303 e. The minimum Gasteiger partial charge on any atom is -0.481 e. The molecule has 0 rings (SSSR count). The molecule has 0 spiro atoms. The van der Waals surface area contributed by atoms with E-state index in [0.717, 1.165) is 0 Å². The van der Waals surface area contributed by atoms with Gasteiger partial charge in [0.25, 0.3) is 0 Å². The largest absolute Gasteiger partial charge is 0.481 e. The standard InChI is InChI=1S/C8H15NO4/c1-6(10)9-5-7(11)3-2-4-8(12)13/h7,11H,2-5H2,1H3,(H,9,10)(H,12,13). The fourth-order valence-electron chi connectivity index (χ4n) is 0.853. The third kappa shape index (κ3) is 8.81. The molecule has 5 heteroatoms. The van der Waals surface area contributed by atoms with E-state index in [-0.39, 0.29) is 18.9 Å². The second-order valence-corrected chi connectivity index (χ2v) is 2.88. The van der Waals surface area contributed by atoms with E-state index < -0.39 is 12.1 Å². The molecule has 0 aliphatic rings. The van der Waals surface area contributed by atoms with Crippen molar-refractivity contribution in [3.63, 3.8) is 0 Å². The number of hydrogen-bond donors (Lipinski definition) is 3. The van der Waals surface area contributed by atoms with Crippen molar-refractivity contribution in [1.29, 1.82) is 0 Å². The van der Waals surface area contributed by atoms with Gasteiger partial charge in [-0.3, -0.25) is 9.59 Å². The number of rotatable bonds is 6. The lowest BCUT2D eigenvalue weighted by molar-refractivity contribution is -0.137. The fourth-order valence-corrected chi connectivity index (χ4v) is 0.853. The van der Waals surface area contributed by atoms with Crippen LogP contribution in [0.4, 0.5) is 0 Å². The number of carboxylic acids is 1. The maximum absolute atomic E-state index is 10.4. The van der Waals surface area contributed by atoms with Crippen LogP contribution in [0.1, 0.15) is 26.2 Å². The quantitative estimate of drug-likeness (QED) is 0.537. The van der Waals surface area contributed by atoms with E-state index in [1.54, 1.807) is 0 Å². The van der Waals surface area contributed by atoms with Crippen LogP contribution in [0.3, 0.4) is 0 Å². The lowest BCUT2D eigenvalue weighted by atomic mass is 10.1. The predicted molar refractivity (Wildman–Crippen MR) is 46.2 cm³/mol. The number of aliphatic hydroxyl groups excluding tert-OH is 1. The lowest BCUT2D eigenvalue weighted by Crippen LogP contribution is -2.30. The summed E-state index contributed by atoms with van der Waals surface area (Å²) in [4.78, 5) is 20.5. The van der Waals surface area contributed by atoms with Gasteiger partial charge < -0.3 is 15.5 Å². The van der Waals surface area contributed by atoms with Gasteiger partial charge in [0.1, 0.15) is 0 Å². The summed E-state index contributed by atoms with van der Waals surface area (Å²) in [6.45, 7) is 1.55. The number of aliphatic hydroxyl groups is 1. The highest BCUT2D eigenvalue weighted by molar-refractivity contribution is 5.72. The molecule has 0 saturated heterocycles. The van der Waals surface area contributed by atoms with E-state index in [2.05, 4.69) is 5.32 Å². The molecule has 1 amide bonds. The van der Waals surface area contributed by atoms with Crippen molar-refractivity contribution in [2.24, 2.45) is 0 Å². The molecule has 13 heavy (non-hydrogen) atoms. The van der Waals surface area contributed by atoms with E-state index in [9.17, 15) is 14.7 Å². The van der Waals surface area contributed by atoms with Crippen LogP contribution in [0, 0.1) is 0 Å². The van der Waals surface area contributed by atoms with Crippen LogP contribution in [0.25, 0.3) is 0 Å². The first-order valence-corrected chi connectivity index (χ1v) is 4.16. The van der Waals surface area contributed by atoms with E-state index in [0.29, 0.717) is 12.8 Å². The molecule has 0 aliphatic heterocycles. The summed E-state index contributed by atoms with van der Waals surface area (Å²) in [6, 6.07) is 0. The Kier molecular flexibility index (Phi) is 5.88. The molecule has 1 unspecified atom stereocenters. The molecule has 3 N–H and O–H groups in total. The first-order valence-electron chi connectivity index (χ1n) is 4.16. The summed E-state index contributed by atoms with van der Waals surface area (Å²) in [5.74, 6) is -1.07. The monoisotopic (exact) mass is 189 g/mol. The molecule has 0 aromatic carbocycles. The van der Waals surface area contributed by atoms with Gasteiger partial charge in [0.15, 0.2) is 0 Å². The molecule has 0 fully saturated rings. The SMILES string of the molecule is CC(=O)NCC(O)CCCC(=O)O. The Balaban J connectivity index is 3.35. The summed E-state index contributed by atoms with van der Waals surface area (Å²) in [5.41, 5.74) is 0. The summed E-state index contributed by atoms with van der Waals surface area (Å²) < 4.78 is 0. The Morgan fingerprint density at radius 1 is 1.46 bits per heavy atom. The molecule has 0 radical (unpaired) electrons. The van der Waals surface area contributed by atoms with Gasteiger partial charge in [0, 0.05) is 19.9 Å². The van der Waals surface area contributed by atoms with Gasteiger partial charge in [-0.2, -0.15) is 0 Å². The normalized spacial score (nSPS) is 12.2. The number of amides is 1. The predicted octanol–water partition coefficient (Wildman–Crippen LogP) is -0.262. The first-order chi connectivity index (χ1) is 6.02. The molecule has 1 atom stereocenters.